The van der Waals surface area contributed by atoms with Crippen LogP contribution >= 0.6 is 0 Å². The summed E-state index contributed by atoms with van der Waals surface area (Å²) in [7, 11) is 0. The topological polar surface area (TPSA) is 23.5 Å². The second-order valence-electron chi connectivity index (χ2n) is 6.47. The lowest BCUT2D eigenvalue weighted by molar-refractivity contribution is 0.0642. The van der Waals surface area contributed by atoms with Crippen LogP contribution in [-0.4, -0.2) is 23.3 Å². The SMILES string of the molecule is Cc1cccc2c1C(CC(C)(C)O)CN2C(C)C. The highest BCUT2D eigenvalue weighted by Gasteiger charge is 2.34. The van der Waals surface area contributed by atoms with Gasteiger partial charge in [-0.2, -0.15) is 0 Å². The van der Waals surface area contributed by atoms with E-state index in [1.807, 2.05) is 13.8 Å². The number of fused-ring (bicyclic) bond motifs is 1. The lowest BCUT2D eigenvalue weighted by Crippen LogP contribution is -2.31. The van der Waals surface area contributed by atoms with Gasteiger partial charge in [-0.05, 0) is 58.2 Å². The van der Waals surface area contributed by atoms with Gasteiger partial charge in [0.25, 0.3) is 0 Å². The number of aliphatic hydroxyl groups is 1. The number of rotatable bonds is 3. The highest BCUT2D eigenvalue weighted by molar-refractivity contribution is 5.63. The van der Waals surface area contributed by atoms with Crippen molar-refractivity contribution in [3.63, 3.8) is 0 Å². The first kappa shape index (κ1) is 13.4. The highest BCUT2D eigenvalue weighted by atomic mass is 16.3. The first-order valence-electron chi connectivity index (χ1n) is 6.88. The van der Waals surface area contributed by atoms with Crippen LogP contribution in [0.15, 0.2) is 18.2 Å². The summed E-state index contributed by atoms with van der Waals surface area (Å²) in [6.07, 6.45) is 0.827. The minimum Gasteiger partial charge on any atom is -0.390 e. The molecule has 0 spiro atoms. The van der Waals surface area contributed by atoms with Crippen molar-refractivity contribution in [2.45, 2.75) is 58.6 Å². The number of nitrogens with zero attached hydrogens (tertiary/aromatic N) is 1. The molecule has 1 heterocycles. The highest BCUT2D eigenvalue weighted by Crippen LogP contribution is 2.42. The van der Waals surface area contributed by atoms with Gasteiger partial charge in [0.2, 0.25) is 0 Å². The van der Waals surface area contributed by atoms with E-state index in [1.165, 1.54) is 16.8 Å². The van der Waals surface area contributed by atoms with Crippen molar-refractivity contribution in [2.75, 3.05) is 11.4 Å². The second-order valence-corrected chi connectivity index (χ2v) is 6.47. The van der Waals surface area contributed by atoms with Gasteiger partial charge in [0.05, 0.1) is 5.60 Å². The number of benzene rings is 1. The van der Waals surface area contributed by atoms with E-state index in [1.54, 1.807) is 0 Å². The smallest absolute Gasteiger partial charge is 0.0598 e. The van der Waals surface area contributed by atoms with Crippen molar-refractivity contribution in [2.24, 2.45) is 0 Å². The van der Waals surface area contributed by atoms with Gasteiger partial charge in [-0.1, -0.05) is 12.1 Å². The van der Waals surface area contributed by atoms with E-state index in [0.717, 1.165) is 13.0 Å². The van der Waals surface area contributed by atoms with Crippen LogP contribution in [-0.2, 0) is 0 Å². The fraction of sp³-hybridized carbons (Fsp3) is 0.625. The van der Waals surface area contributed by atoms with Crippen LogP contribution in [0.4, 0.5) is 5.69 Å². The Balaban J connectivity index is 2.38. The van der Waals surface area contributed by atoms with Crippen LogP contribution < -0.4 is 4.90 Å². The van der Waals surface area contributed by atoms with Gasteiger partial charge in [-0.15, -0.1) is 0 Å². The average Bonchev–Trinajstić information content (AvgIpc) is 2.56. The van der Waals surface area contributed by atoms with Gasteiger partial charge in [0.15, 0.2) is 0 Å². The molecular formula is C16H25NO. The molecule has 0 saturated heterocycles. The van der Waals surface area contributed by atoms with E-state index in [0.29, 0.717) is 12.0 Å². The molecule has 0 aliphatic carbocycles. The fourth-order valence-electron chi connectivity index (χ4n) is 3.13. The Morgan fingerprint density at radius 3 is 2.61 bits per heavy atom. The summed E-state index contributed by atoms with van der Waals surface area (Å²) in [5.74, 6) is 0.448. The Hall–Kier alpha value is -1.02. The van der Waals surface area contributed by atoms with Crippen LogP contribution in [0.2, 0.25) is 0 Å². The molecule has 0 amide bonds. The summed E-state index contributed by atoms with van der Waals surface area (Å²) in [5.41, 5.74) is 3.55. The monoisotopic (exact) mass is 247 g/mol. The predicted molar refractivity (Wildman–Crippen MR) is 77.3 cm³/mol. The molecule has 2 heteroatoms. The predicted octanol–water partition coefficient (Wildman–Crippen LogP) is 3.47. The zero-order valence-electron chi connectivity index (χ0n) is 12.2. The van der Waals surface area contributed by atoms with E-state index in [2.05, 4.69) is 43.9 Å². The van der Waals surface area contributed by atoms with Gasteiger partial charge in [0, 0.05) is 24.2 Å². The lowest BCUT2D eigenvalue weighted by Gasteiger charge is -2.26. The Kier molecular flexibility index (Phi) is 3.41. The second kappa shape index (κ2) is 4.58. The van der Waals surface area contributed by atoms with E-state index < -0.39 is 5.60 Å². The molecule has 1 aromatic carbocycles. The van der Waals surface area contributed by atoms with Crippen LogP contribution in [0.25, 0.3) is 0 Å². The molecule has 1 atom stereocenters. The molecule has 1 aliphatic rings. The Morgan fingerprint density at radius 1 is 1.39 bits per heavy atom. The molecule has 0 bridgehead atoms. The third-order valence-electron chi connectivity index (χ3n) is 3.81. The first-order chi connectivity index (χ1) is 8.29. The Bertz CT molecular complexity index is 431. The molecule has 1 N–H and O–H groups in total. The summed E-state index contributed by atoms with van der Waals surface area (Å²) in [4.78, 5) is 2.46. The fourth-order valence-corrected chi connectivity index (χ4v) is 3.13. The van der Waals surface area contributed by atoms with Crippen molar-refractivity contribution in [1.82, 2.24) is 0 Å². The van der Waals surface area contributed by atoms with Gasteiger partial charge in [0.1, 0.15) is 0 Å². The Labute approximate surface area is 111 Å². The van der Waals surface area contributed by atoms with Crippen molar-refractivity contribution < 1.29 is 5.11 Å². The van der Waals surface area contributed by atoms with Crippen LogP contribution in [0.1, 0.15) is 51.2 Å². The van der Waals surface area contributed by atoms with Crippen LogP contribution in [0.5, 0.6) is 0 Å². The molecule has 1 aliphatic heterocycles. The molecule has 0 saturated carbocycles. The number of hydrogen-bond donors (Lipinski definition) is 1. The zero-order chi connectivity index (χ0) is 13.5. The van der Waals surface area contributed by atoms with Crippen molar-refractivity contribution in [3.8, 4) is 0 Å². The van der Waals surface area contributed by atoms with E-state index >= 15 is 0 Å². The largest absolute Gasteiger partial charge is 0.390 e. The quantitative estimate of drug-likeness (QED) is 0.884. The van der Waals surface area contributed by atoms with Gasteiger partial charge in [-0.25, -0.2) is 0 Å². The van der Waals surface area contributed by atoms with E-state index in [4.69, 9.17) is 0 Å². The Morgan fingerprint density at radius 2 is 2.06 bits per heavy atom. The van der Waals surface area contributed by atoms with Gasteiger partial charge < -0.3 is 10.0 Å². The third-order valence-corrected chi connectivity index (χ3v) is 3.81. The van der Waals surface area contributed by atoms with Crippen molar-refractivity contribution in [3.05, 3.63) is 29.3 Å². The zero-order valence-corrected chi connectivity index (χ0v) is 12.2. The molecule has 100 valence electrons. The summed E-state index contributed by atoms with van der Waals surface area (Å²) in [6.45, 7) is 11.5. The summed E-state index contributed by atoms with van der Waals surface area (Å²) in [6, 6.07) is 7.04. The van der Waals surface area contributed by atoms with E-state index in [9.17, 15) is 5.11 Å². The molecule has 1 unspecified atom stereocenters. The molecule has 18 heavy (non-hydrogen) atoms. The first-order valence-corrected chi connectivity index (χ1v) is 6.88. The molecule has 1 aromatic rings. The van der Waals surface area contributed by atoms with Crippen LogP contribution in [0, 0.1) is 6.92 Å². The minimum absolute atomic E-state index is 0.448. The van der Waals surface area contributed by atoms with Crippen molar-refractivity contribution >= 4 is 5.69 Å². The molecule has 2 nitrogen and oxygen atoms in total. The summed E-state index contributed by atoms with van der Waals surface area (Å²) >= 11 is 0. The molecule has 0 aromatic heterocycles. The maximum atomic E-state index is 10.1. The minimum atomic E-state index is -0.600. The molecule has 2 rings (SSSR count). The number of aryl methyl sites for hydroxylation is 1. The molecule has 0 fully saturated rings. The van der Waals surface area contributed by atoms with Gasteiger partial charge >= 0.3 is 0 Å². The number of anilines is 1. The standard InChI is InChI=1S/C16H25NO/c1-11(2)17-10-13(9-16(4,5)18)15-12(3)7-6-8-14(15)17/h6-8,11,13,18H,9-10H2,1-5H3. The maximum absolute atomic E-state index is 10.1. The maximum Gasteiger partial charge on any atom is 0.0598 e. The van der Waals surface area contributed by atoms with Crippen LogP contribution in [0.3, 0.4) is 0 Å². The van der Waals surface area contributed by atoms with E-state index in [-0.39, 0.29) is 0 Å². The average molecular weight is 247 g/mol. The lowest BCUT2D eigenvalue weighted by atomic mass is 9.87. The molecule has 0 radical (unpaired) electrons. The summed E-state index contributed by atoms with van der Waals surface area (Å²) < 4.78 is 0. The van der Waals surface area contributed by atoms with Crippen molar-refractivity contribution in [1.29, 1.82) is 0 Å². The molecular weight excluding hydrogens is 222 g/mol. The number of hydrogen-bond acceptors (Lipinski definition) is 2. The normalized spacial score (nSPS) is 19.5. The summed E-state index contributed by atoms with van der Waals surface area (Å²) in [5, 5.41) is 10.1. The third kappa shape index (κ3) is 2.54. The van der Waals surface area contributed by atoms with Gasteiger partial charge in [-0.3, -0.25) is 0 Å².